The van der Waals surface area contributed by atoms with Crippen LogP contribution in [0.15, 0.2) is 5.51 Å². The van der Waals surface area contributed by atoms with Gasteiger partial charge in [0.2, 0.25) is 0 Å². The van der Waals surface area contributed by atoms with E-state index in [-0.39, 0.29) is 36.8 Å². The number of aryl methyl sites for hydroxylation is 1. The van der Waals surface area contributed by atoms with E-state index in [0.717, 1.165) is 23.4 Å². The fourth-order valence-electron chi connectivity index (χ4n) is 2.43. The summed E-state index contributed by atoms with van der Waals surface area (Å²) < 4.78 is 0. The van der Waals surface area contributed by atoms with Crippen LogP contribution in [0, 0.1) is 12.8 Å². The van der Waals surface area contributed by atoms with E-state index >= 15 is 0 Å². The molecule has 1 fully saturated rings. The first kappa shape index (κ1) is 18.6. The molecule has 1 aliphatic rings. The number of nitrogens with zero attached hydrogens (tertiary/aromatic N) is 1. The van der Waals surface area contributed by atoms with Gasteiger partial charge in [0.1, 0.15) is 4.88 Å². The summed E-state index contributed by atoms with van der Waals surface area (Å²) >= 11 is 1.40. The van der Waals surface area contributed by atoms with Gasteiger partial charge in [0.05, 0.1) is 11.2 Å². The highest BCUT2D eigenvalue weighted by molar-refractivity contribution is 7.11. The quantitative estimate of drug-likeness (QED) is 0.897. The van der Waals surface area contributed by atoms with Crippen LogP contribution < -0.4 is 11.1 Å². The summed E-state index contributed by atoms with van der Waals surface area (Å²) in [7, 11) is 0. The van der Waals surface area contributed by atoms with Gasteiger partial charge in [-0.15, -0.1) is 36.2 Å². The van der Waals surface area contributed by atoms with Crippen molar-refractivity contribution in [3.05, 3.63) is 16.1 Å². The highest BCUT2D eigenvalue weighted by Gasteiger charge is 2.26. The van der Waals surface area contributed by atoms with E-state index in [1.807, 2.05) is 6.92 Å². The molecule has 3 N–H and O–H groups in total. The second-order valence-corrected chi connectivity index (χ2v) is 5.48. The van der Waals surface area contributed by atoms with Crippen LogP contribution in [-0.4, -0.2) is 23.5 Å². The highest BCUT2D eigenvalue weighted by Crippen LogP contribution is 2.24. The van der Waals surface area contributed by atoms with Gasteiger partial charge in [-0.3, -0.25) is 4.79 Å². The molecule has 1 aromatic heterocycles. The average molecular weight is 326 g/mol. The third-order valence-corrected chi connectivity index (χ3v) is 4.41. The van der Waals surface area contributed by atoms with Crippen LogP contribution >= 0.6 is 36.2 Å². The number of thiazole rings is 1. The van der Waals surface area contributed by atoms with Crippen molar-refractivity contribution < 1.29 is 4.79 Å². The molecule has 1 saturated carbocycles. The number of nitrogens with one attached hydrogen (secondary N) is 1. The summed E-state index contributed by atoms with van der Waals surface area (Å²) in [5.74, 6) is 0.441. The van der Waals surface area contributed by atoms with Gasteiger partial charge in [0.25, 0.3) is 5.91 Å². The third kappa shape index (κ3) is 4.60. The maximum absolute atomic E-state index is 12.1. The minimum absolute atomic E-state index is 0. The maximum Gasteiger partial charge on any atom is 0.263 e. The van der Waals surface area contributed by atoms with Crippen molar-refractivity contribution in [2.24, 2.45) is 11.7 Å². The molecular weight excluding hydrogens is 305 g/mol. The van der Waals surface area contributed by atoms with Crippen molar-refractivity contribution in [1.82, 2.24) is 10.3 Å². The van der Waals surface area contributed by atoms with Gasteiger partial charge < -0.3 is 11.1 Å². The van der Waals surface area contributed by atoms with Crippen LogP contribution in [0.25, 0.3) is 0 Å². The zero-order chi connectivity index (χ0) is 12.3. The Bertz CT molecular complexity index is 400. The molecule has 0 radical (unpaired) electrons. The van der Waals surface area contributed by atoms with Gasteiger partial charge >= 0.3 is 0 Å². The summed E-state index contributed by atoms with van der Waals surface area (Å²) in [6.45, 7) is 2.53. The van der Waals surface area contributed by atoms with Gasteiger partial charge in [0, 0.05) is 6.04 Å². The molecule has 0 saturated heterocycles. The van der Waals surface area contributed by atoms with Crippen LogP contribution in [-0.2, 0) is 0 Å². The fourth-order valence-corrected chi connectivity index (χ4v) is 3.14. The lowest BCUT2D eigenvalue weighted by Gasteiger charge is -2.31. The Hall–Kier alpha value is -0.360. The lowest BCUT2D eigenvalue weighted by Crippen LogP contribution is -2.44. The second kappa shape index (κ2) is 8.74. The summed E-state index contributed by atoms with van der Waals surface area (Å²) in [4.78, 5) is 16.9. The Kier molecular flexibility index (Phi) is 8.57. The molecule has 1 aromatic rings. The fraction of sp³-hybridized carbons (Fsp3) is 0.667. The van der Waals surface area contributed by atoms with Gasteiger partial charge in [-0.25, -0.2) is 4.98 Å². The van der Waals surface area contributed by atoms with Crippen LogP contribution in [0.5, 0.6) is 0 Å². The van der Waals surface area contributed by atoms with E-state index in [9.17, 15) is 4.79 Å². The Morgan fingerprint density at radius 2 is 2.16 bits per heavy atom. The summed E-state index contributed by atoms with van der Waals surface area (Å²) in [5.41, 5.74) is 8.28. The van der Waals surface area contributed by atoms with Crippen LogP contribution in [0.2, 0.25) is 0 Å². The lowest BCUT2D eigenvalue weighted by molar-refractivity contribution is 0.0911. The number of carbonyl (C=O) groups is 1. The van der Waals surface area contributed by atoms with Gasteiger partial charge in [-0.05, 0) is 32.2 Å². The molecule has 110 valence electrons. The summed E-state index contributed by atoms with van der Waals surface area (Å²) in [5, 5.41) is 3.11. The Labute approximate surface area is 130 Å². The molecule has 1 aliphatic carbocycles. The average Bonchev–Trinajstić information content (AvgIpc) is 2.76. The molecule has 2 atom stereocenters. The topological polar surface area (TPSA) is 68.0 Å². The predicted molar refractivity (Wildman–Crippen MR) is 83.6 cm³/mol. The van der Waals surface area contributed by atoms with E-state index in [2.05, 4.69) is 10.3 Å². The van der Waals surface area contributed by atoms with E-state index in [4.69, 9.17) is 5.73 Å². The molecule has 19 heavy (non-hydrogen) atoms. The molecule has 1 amide bonds. The number of nitrogens with two attached hydrogens (primary N) is 1. The van der Waals surface area contributed by atoms with E-state index < -0.39 is 0 Å². The Morgan fingerprint density at radius 1 is 1.47 bits per heavy atom. The monoisotopic (exact) mass is 325 g/mol. The van der Waals surface area contributed by atoms with Crippen LogP contribution in [0.3, 0.4) is 0 Å². The number of rotatable bonds is 3. The van der Waals surface area contributed by atoms with E-state index in [1.54, 1.807) is 5.51 Å². The molecule has 0 bridgehead atoms. The maximum atomic E-state index is 12.1. The van der Waals surface area contributed by atoms with E-state index in [1.165, 1.54) is 24.2 Å². The largest absolute Gasteiger partial charge is 0.348 e. The number of amides is 1. The second-order valence-electron chi connectivity index (χ2n) is 4.63. The smallest absolute Gasteiger partial charge is 0.263 e. The molecule has 1 heterocycles. The number of halogens is 2. The van der Waals surface area contributed by atoms with Crippen molar-refractivity contribution >= 4 is 42.1 Å². The van der Waals surface area contributed by atoms with Gasteiger partial charge in [0.15, 0.2) is 0 Å². The van der Waals surface area contributed by atoms with Crippen molar-refractivity contribution in [2.45, 2.75) is 38.6 Å². The lowest BCUT2D eigenvalue weighted by atomic mass is 9.84. The number of carbonyl (C=O) groups excluding carboxylic acids is 1. The number of hydrogen-bond donors (Lipinski definition) is 2. The molecule has 2 rings (SSSR count). The molecule has 0 aliphatic heterocycles. The normalized spacial score (nSPS) is 22.0. The summed E-state index contributed by atoms with van der Waals surface area (Å²) in [6, 6.07) is 0.239. The van der Waals surface area contributed by atoms with Gasteiger partial charge in [-0.1, -0.05) is 12.8 Å². The Balaban J connectivity index is 0.00000162. The predicted octanol–water partition coefficient (Wildman–Crippen LogP) is 2.54. The highest BCUT2D eigenvalue weighted by atomic mass is 35.5. The standard InChI is InChI=1S/C12H19N3OS.2ClH/c1-8-11(17-7-14-8)12(16)15-10-5-3-2-4-9(10)6-13;;/h7,9-10H,2-6,13H2,1H3,(H,15,16);2*1H. The zero-order valence-corrected chi connectivity index (χ0v) is 13.4. The number of aromatic nitrogens is 1. The zero-order valence-electron chi connectivity index (χ0n) is 10.9. The van der Waals surface area contributed by atoms with E-state index in [0.29, 0.717) is 12.5 Å². The molecule has 7 heteroatoms. The van der Waals surface area contributed by atoms with Gasteiger partial charge in [-0.2, -0.15) is 0 Å². The van der Waals surface area contributed by atoms with Crippen LogP contribution in [0.1, 0.15) is 41.0 Å². The molecular formula is C12H21Cl2N3OS. The first-order valence-electron chi connectivity index (χ1n) is 6.13. The summed E-state index contributed by atoms with van der Waals surface area (Å²) in [6.07, 6.45) is 4.59. The van der Waals surface area contributed by atoms with Crippen molar-refractivity contribution in [3.63, 3.8) is 0 Å². The minimum Gasteiger partial charge on any atom is -0.348 e. The molecule has 4 nitrogen and oxygen atoms in total. The first-order valence-corrected chi connectivity index (χ1v) is 7.01. The minimum atomic E-state index is 0. The molecule has 2 unspecified atom stereocenters. The SMILES string of the molecule is Cc1ncsc1C(=O)NC1CCCCC1CN.Cl.Cl. The third-order valence-electron chi connectivity index (χ3n) is 3.48. The van der Waals surface area contributed by atoms with Crippen molar-refractivity contribution in [2.75, 3.05) is 6.54 Å². The van der Waals surface area contributed by atoms with Crippen molar-refractivity contribution in [3.8, 4) is 0 Å². The molecule has 0 aromatic carbocycles. The Morgan fingerprint density at radius 3 is 2.74 bits per heavy atom. The first-order chi connectivity index (χ1) is 8.22. The van der Waals surface area contributed by atoms with Crippen molar-refractivity contribution in [1.29, 1.82) is 0 Å². The molecule has 0 spiro atoms. The van der Waals surface area contributed by atoms with Crippen LogP contribution in [0.4, 0.5) is 0 Å². The number of hydrogen-bond acceptors (Lipinski definition) is 4.